The molecule has 0 bridgehead atoms. The number of nitrogens with one attached hydrogen (secondary N) is 1. The van der Waals surface area contributed by atoms with Crippen molar-refractivity contribution in [2.75, 3.05) is 18.0 Å². The van der Waals surface area contributed by atoms with E-state index in [1.54, 1.807) is 19.3 Å². The molecule has 4 heterocycles. The van der Waals surface area contributed by atoms with Gasteiger partial charge < -0.3 is 20.5 Å². The van der Waals surface area contributed by atoms with Crippen LogP contribution >= 0.6 is 0 Å². The quantitative estimate of drug-likeness (QED) is 0.520. The first kappa shape index (κ1) is 24.2. The summed E-state index contributed by atoms with van der Waals surface area (Å²) in [4.78, 5) is 51.8. The zero-order valence-electron chi connectivity index (χ0n) is 21.2. The molecule has 36 heavy (non-hydrogen) atoms. The van der Waals surface area contributed by atoms with Crippen LogP contribution in [0.25, 0.3) is 11.0 Å². The minimum Gasteiger partial charge on any atom is -0.356 e. The van der Waals surface area contributed by atoms with Crippen molar-refractivity contribution in [3.8, 4) is 0 Å². The van der Waals surface area contributed by atoms with Gasteiger partial charge in [-0.05, 0) is 52.0 Å². The maximum Gasteiger partial charge on any atom is 0.331 e. The van der Waals surface area contributed by atoms with Crippen molar-refractivity contribution in [2.24, 2.45) is 12.8 Å². The van der Waals surface area contributed by atoms with E-state index in [0.717, 1.165) is 48.9 Å². The van der Waals surface area contributed by atoms with Crippen LogP contribution in [-0.4, -0.2) is 54.7 Å². The van der Waals surface area contributed by atoms with Gasteiger partial charge in [0.05, 0.1) is 12.1 Å². The van der Waals surface area contributed by atoms with E-state index in [4.69, 9.17) is 5.73 Å². The summed E-state index contributed by atoms with van der Waals surface area (Å²) in [5, 5.41) is 3.13. The summed E-state index contributed by atoms with van der Waals surface area (Å²) in [6.45, 7) is 5.50. The molecule has 1 aliphatic heterocycles. The number of anilines is 1. The van der Waals surface area contributed by atoms with Crippen molar-refractivity contribution >= 4 is 22.8 Å². The summed E-state index contributed by atoms with van der Waals surface area (Å²) in [6.07, 6.45) is 6.37. The van der Waals surface area contributed by atoms with Gasteiger partial charge in [-0.25, -0.2) is 14.8 Å². The highest BCUT2D eigenvalue weighted by Crippen LogP contribution is 2.33. The Morgan fingerprint density at radius 3 is 2.58 bits per heavy atom. The summed E-state index contributed by atoms with van der Waals surface area (Å²) >= 11 is 0. The Balaban J connectivity index is 1.76. The van der Waals surface area contributed by atoms with Crippen LogP contribution in [0.3, 0.4) is 0 Å². The fourth-order valence-corrected chi connectivity index (χ4v) is 5.34. The van der Waals surface area contributed by atoms with Crippen LogP contribution in [0, 0.1) is 6.92 Å². The normalized spacial score (nSPS) is 18.4. The van der Waals surface area contributed by atoms with Crippen LogP contribution in [0.2, 0.25) is 0 Å². The summed E-state index contributed by atoms with van der Waals surface area (Å²) in [5.74, 6) is 0.796. The minimum absolute atomic E-state index is 0.0245. The van der Waals surface area contributed by atoms with Gasteiger partial charge in [-0.1, -0.05) is 0 Å². The zero-order chi connectivity index (χ0) is 25.6. The Kier molecular flexibility index (Phi) is 6.42. The fourth-order valence-electron chi connectivity index (χ4n) is 5.34. The lowest BCUT2D eigenvalue weighted by atomic mass is 9.93. The average Bonchev–Trinajstić information content (AvgIpc) is 3.18. The molecule has 0 radical (unpaired) electrons. The molecule has 3 N–H and O–H groups in total. The van der Waals surface area contributed by atoms with Crippen molar-refractivity contribution < 1.29 is 4.79 Å². The number of carbonyl (C=O) groups excluding carboxylic acids is 1. The van der Waals surface area contributed by atoms with Gasteiger partial charge in [-0.15, -0.1) is 0 Å². The number of hydrogen-bond donors (Lipinski definition) is 2. The summed E-state index contributed by atoms with van der Waals surface area (Å²) in [5.41, 5.74) is 7.17. The van der Waals surface area contributed by atoms with Crippen LogP contribution in [-0.2, 0) is 20.1 Å². The second-order valence-electron chi connectivity index (χ2n) is 9.94. The SMILES string of the molecule is CCn1c(N2CCC[C@@H](N)C2)c(C(=O)NC2CCC2)c2c1c(=O)n(Cc1nccc(C)n1)c(=O)n2C. The van der Waals surface area contributed by atoms with Crippen LogP contribution < -0.4 is 27.2 Å². The number of aromatic nitrogens is 5. The van der Waals surface area contributed by atoms with Crippen LogP contribution in [0.4, 0.5) is 5.82 Å². The van der Waals surface area contributed by atoms with Gasteiger partial charge in [-0.2, -0.15) is 0 Å². The largest absolute Gasteiger partial charge is 0.356 e. The van der Waals surface area contributed by atoms with E-state index in [1.807, 2.05) is 18.4 Å². The van der Waals surface area contributed by atoms with Gasteiger partial charge in [0.2, 0.25) is 0 Å². The second kappa shape index (κ2) is 9.53. The van der Waals surface area contributed by atoms with Crippen LogP contribution in [0.15, 0.2) is 21.9 Å². The molecule has 11 heteroatoms. The molecule has 1 saturated heterocycles. The van der Waals surface area contributed by atoms with Crippen molar-refractivity contribution in [1.29, 1.82) is 0 Å². The predicted octanol–water partition coefficient (Wildman–Crippen LogP) is 0.878. The lowest BCUT2D eigenvalue weighted by molar-refractivity contribution is 0.0918. The van der Waals surface area contributed by atoms with Gasteiger partial charge in [0.15, 0.2) is 0 Å². The number of hydrogen-bond acceptors (Lipinski definition) is 7. The van der Waals surface area contributed by atoms with Gasteiger partial charge in [0, 0.05) is 50.7 Å². The molecule has 5 rings (SSSR count). The van der Waals surface area contributed by atoms with Gasteiger partial charge in [0.1, 0.15) is 22.7 Å². The highest BCUT2D eigenvalue weighted by atomic mass is 16.2. The predicted molar refractivity (Wildman–Crippen MR) is 138 cm³/mol. The van der Waals surface area contributed by atoms with Crippen molar-refractivity contribution in [3.63, 3.8) is 0 Å². The number of fused-ring (bicyclic) bond motifs is 1. The summed E-state index contributed by atoms with van der Waals surface area (Å²) < 4.78 is 4.45. The Labute approximate surface area is 208 Å². The highest BCUT2D eigenvalue weighted by molar-refractivity contribution is 6.11. The van der Waals surface area contributed by atoms with Gasteiger partial charge in [0.25, 0.3) is 11.5 Å². The van der Waals surface area contributed by atoms with E-state index in [-0.39, 0.29) is 24.5 Å². The molecule has 2 fully saturated rings. The van der Waals surface area contributed by atoms with E-state index < -0.39 is 11.2 Å². The molecular weight excluding hydrogens is 460 g/mol. The first-order chi connectivity index (χ1) is 17.3. The van der Waals surface area contributed by atoms with Gasteiger partial charge in [-0.3, -0.25) is 18.7 Å². The zero-order valence-corrected chi connectivity index (χ0v) is 21.2. The number of rotatable bonds is 6. The third-order valence-corrected chi connectivity index (χ3v) is 7.40. The molecule has 1 aliphatic carbocycles. The molecule has 11 nitrogen and oxygen atoms in total. The smallest absolute Gasteiger partial charge is 0.331 e. The third-order valence-electron chi connectivity index (χ3n) is 7.40. The number of carbonyl (C=O) groups is 1. The van der Waals surface area contributed by atoms with Crippen molar-refractivity contribution in [3.05, 3.63) is 50.2 Å². The van der Waals surface area contributed by atoms with E-state index in [9.17, 15) is 14.4 Å². The van der Waals surface area contributed by atoms with Gasteiger partial charge >= 0.3 is 5.69 Å². The fraction of sp³-hybridized carbons (Fsp3) is 0.560. The standard InChI is InChI=1S/C25H34N8O3/c1-4-32-21-20(30(3)25(36)33(24(21)35)14-18-27-11-10-15(2)28-18)19(22(34)29-17-8-5-9-17)23(32)31-12-6-7-16(26)13-31/h10-11,16-17H,4-9,12-14,26H2,1-3H3,(H,29,34)/t16-/m1/s1. The average molecular weight is 495 g/mol. The lowest BCUT2D eigenvalue weighted by Gasteiger charge is -2.34. The van der Waals surface area contributed by atoms with Crippen LogP contribution in [0.1, 0.15) is 60.9 Å². The number of nitrogens with two attached hydrogens (primary N) is 1. The topological polar surface area (TPSA) is 133 Å². The molecule has 1 amide bonds. The molecule has 0 aromatic carbocycles. The Morgan fingerprint density at radius 2 is 1.94 bits per heavy atom. The molecular formula is C25H34N8O3. The first-order valence-electron chi connectivity index (χ1n) is 12.8. The second-order valence-corrected chi connectivity index (χ2v) is 9.94. The Hall–Kier alpha value is -3.47. The maximum atomic E-state index is 13.9. The monoisotopic (exact) mass is 494 g/mol. The van der Waals surface area contributed by atoms with Crippen molar-refractivity contribution in [2.45, 2.75) is 71.1 Å². The molecule has 1 atom stereocenters. The Morgan fingerprint density at radius 1 is 1.17 bits per heavy atom. The molecule has 0 unspecified atom stereocenters. The minimum atomic E-state index is -0.509. The number of piperidine rings is 1. The molecule has 0 spiro atoms. The molecule has 2 aliphatic rings. The number of nitrogens with zero attached hydrogens (tertiary/aromatic N) is 6. The number of aryl methyl sites for hydroxylation is 3. The van der Waals surface area contributed by atoms with E-state index in [0.29, 0.717) is 41.3 Å². The lowest BCUT2D eigenvalue weighted by Crippen LogP contribution is -2.45. The van der Waals surface area contributed by atoms with Crippen molar-refractivity contribution in [1.82, 2.24) is 29.0 Å². The maximum absolute atomic E-state index is 13.9. The highest BCUT2D eigenvalue weighted by Gasteiger charge is 2.33. The molecule has 1 saturated carbocycles. The van der Waals surface area contributed by atoms with E-state index in [1.165, 1.54) is 4.57 Å². The van der Waals surface area contributed by atoms with Crippen LogP contribution in [0.5, 0.6) is 0 Å². The summed E-state index contributed by atoms with van der Waals surface area (Å²) in [7, 11) is 1.61. The molecule has 3 aromatic heterocycles. The van der Waals surface area contributed by atoms with E-state index >= 15 is 0 Å². The third kappa shape index (κ3) is 4.11. The molecule has 3 aromatic rings. The first-order valence-corrected chi connectivity index (χ1v) is 12.8. The van der Waals surface area contributed by atoms with E-state index in [2.05, 4.69) is 20.2 Å². The number of amides is 1. The molecule has 192 valence electrons. The summed E-state index contributed by atoms with van der Waals surface area (Å²) in [6, 6.07) is 1.85. The Bertz CT molecular complexity index is 1430.